The van der Waals surface area contributed by atoms with E-state index in [0.29, 0.717) is 28.3 Å². The minimum absolute atomic E-state index is 0.0686. The number of aromatic nitrogens is 1. The Hall–Kier alpha value is -3.78. The largest absolute Gasteiger partial charge is 0.495 e. The summed E-state index contributed by atoms with van der Waals surface area (Å²) in [6, 6.07) is 18.9. The number of rotatable bonds is 6. The van der Waals surface area contributed by atoms with E-state index < -0.39 is 10.0 Å². The number of carbonyl (C=O) groups excluding carboxylic acids is 1. The number of anilines is 2. The first-order valence-electron chi connectivity index (χ1n) is 9.92. The van der Waals surface area contributed by atoms with Gasteiger partial charge in [0.25, 0.3) is 15.9 Å². The highest BCUT2D eigenvalue weighted by atomic mass is 32.2. The zero-order valence-electron chi connectivity index (χ0n) is 17.9. The third-order valence-corrected chi connectivity index (χ3v) is 6.77. The predicted octanol–water partition coefficient (Wildman–Crippen LogP) is 4.55. The number of nitrogens with one attached hydrogen (secondary N) is 2. The van der Waals surface area contributed by atoms with Crippen molar-refractivity contribution in [3.63, 3.8) is 0 Å². The molecule has 0 radical (unpaired) electrons. The van der Waals surface area contributed by atoms with Crippen LogP contribution in [0.3, 0.4) is 0 Å². The summed E-state index contributed by atoms with van der Waals surface area (Å²) in [4.78, 5) is 13.0. The molecule has 0 saturated heterocycles. The van der Waals surface area contributed by atoms with Crippen molar-refractivity contribution in [1.29, 1.82) is 0 Å². The lowest BCUT2D eigenvalue weighted by Crippen LogP contribution is -2.16. The molecule has 0 fully saturated rings. The summed E-state index contributed by atoms with van der Waals surface area (Å²) in [6.45, 7) is 1.70. The van der Waals surface area contributed by atoms with Gasteiger partial charge in [-0.25, -0.2) is 8.42 Å². The SMILES string of the molecule is COc1ccccc1NS(=O)(=O)c1cc(NC(=O)c2cccc3c2ccn3C)ccc1C. The van der Waals surface area contributed by atoms with Crippen LogP contribution in [-0.2, 0) is 17.1 Å². The first-order valence-corrected chi connectivity index (χ1v) is 11.4. The van der Waals surface area contributed by atoms with Crippen LogP contribution in [0.25, 0.3) is 10.9 Å². The topological polar surface area (TPSA) is 89.4 Å². The average molecular weight is 450 g/mol. The van der Waals surface area contributed by atoms with E-state index in [-0.39, 0.29) is 10.8 Å². The van der Waals surface area contributed by atoms with Crippen LogP contribution in [0.2, 0.25) is 0 Å². The van der Waals surface area contributed by atoms with E-state index in [4.69, 9.17) is 4.74 Å². The Kier molecular flexibility index (Phi) is 5.63. The fourth-order valence-electron chi connectivity index (χ4n) is 3.59. The van der Waals surface area contributed by atoms with Gasteiger partial charge in [0.2, 0.25) is 0 Å². The molecule has 0 atom stereocenters. The number of hydrogen-bond donors (Lipinski definition) is 2. The fraction of sp³-hybridized carbons (Fsp3) is 0.125. The van der Waals surface area contributed by atoms with E-state index >= 15 is 0 Å². The highest BCUT2D eigenvalue weighted by Gasteiger charge is 2.20. The monoisotopic (exact) mass is 449 g/mol. The van der Waals surface area contributed by atoms with E-state index in [1.165, 1.54) is 13.2 Å². The molecule has 32 heavy (non-hydrogen) atoms. The Balaban J connectivity index is 1.64. The van der Waals surface area contributed by atoms with Crippen molar-refractivity contribution >= 4 is 38.2 Å². The maximum Gasteiger partial charge on any atom is 0.262 e. The minimum Gasteiger partial charge on any atom is -0.495 e. The lowest BCUT2D eigenvalue weighted by Gasteiger charge is -2.14. The average Bonchev–Trinajstić information content (AvgIpc) is 3.16. The molecular formula is C24H23N3O4S. The lowest BCUT2D eigenvalue weighted by atomic mass is 10.1. The number of methoxy groups -OCH3 is 1. The molecule has 0 aliphatic rings. The first-order chi connectivity index (χ1) is 15.3. The van der Waals surface area contributed by atoms with E-state index in [9.17, 15) is 13.2 Å². The number of fused-ring (bicyclic) bond motifs is 1. The van der Waals surface area contributed by atoms with Gasteiger partial charge in [-0.1, -0.05) is 24.3 Å². The Labute approximate surface area is 186 Å². The van der Waals surface area contributed by atoms with Crippen LogP contribution in [0.15, 0.2) is 77.8 Å². The summed E-state index contributed by atoms with van der Waals surface area (Å²) in [6.07, 6.45) is 1.89. The fourth-order valence-corrected chi connectivity index (χ4v) is 4.94. The maximum atomic E-state index is 13.1. The number of nitrogens with zero attached hydrogens (tertiary/aromatic N) is 1. The molecule has 0 saturated carbocycles. The van der Waals surface area contributed by atoms with Gasteiger partial charge in [-0.05, 0) is 55.0 Å². The van der Waals surface area contributed by atoms with E-state index in [0.717, 1.165) is 10.9 Å². The van der Waals surface area contributed by atoms with Crippen LogP contribution in [0.5, 0.6) is 5.75 Å². The minimum atomic E-state index is -3.92. The van der Waals surface area contributed by atoms with Crippen LogP contribution in [0.4, 0.5) is 11.4 Å². The van der Waals surface area contributed by atoms with Gasteiger partial charge in [-0.15, -0.1) is 0 Å². The van der Waals surface area contributed by atoms with Crippen LogP contribution in [-0.4, -0.2) is 26.0 Å². The smallest absolute Gasteiger partial charge is 0.262 e. The molecule has 0 bridgehead atoms. The number of para-hydroxylation sites is 2. The molecule has 1 aromatic heterocycles. The van der Waals surface area contributed by atoms with Crippen molar-refractivity contribution in [2.24, 2.45) is 7.05 Å². The Morgan fingerprint density at radius 3 is 2.56 bits per heavy atom. The quantitative estimate of drug-likeness (QED) is 0.452. The molecule has 7 nitrogen and oxygen atoms in total. The molecule has 4 aromatic rings. The van der Waals surface area contributed by atoms with Gasteiger partial charge in [-0.3, -0.25) is 9.52 Å². The lowest BCUT2D eigenvalue weighted by molar-refractivity contribution is 0.102. The standard InChI is InChI=1S/C24H23N3O4S/c1-16-11-12-17(25-24(28)19-7-6-9-21-18(19)13-14-27(21)2)15-23(16)32(29,30)26-20-8-4-5-10-22(20)31-3/h4-15,26H,1-3H3,(H,25,28). The number of ether oxygens (including phenoxy) is 1. The third-order valence-electron chi connectivity index (χ3n) is 5.26. The third kappa shape index (κ3) is 4.04. The number of aryl methyl sites for hydroxylation is 2. The summed E-state index contributed by atoms with van der Waals surface area (Å²) in [7, 11) is -0.529. The molecular weight excluding hydrogens is 426 g/mol. The second-order valence-electron chi connectivity index (χ2n) is 7.41. The Bertz CT molecular complexity index is 1420. The van der Waals surface area contributed by atoms with Gasteiger partial charge in [-0.2, -0.15) is 0 Å². The summed E-state index contributed by atoms with van der Waals surface area (Å²) < 4.78 is 35.9. The summed E-state index contributed by atoms with van der Waals surface area (Å²) in [5.74, 6) is 0.0980. The second-order valence-corrected chi connectivity index (χ2v) is 9.06. The normalized spacial score (nSPS) is 11.3. The van der Waals surface area contributed by atoms with Gasteiger partial charge in [0.1, 0.15) is 5.75 Å². The van der Waals surface area contributed by atoms with Gasteiger partial charge < -0.3 is 14.6 Å². The summed E-state index contributed by atoms with van der Waals surface area (Å²) >= 11 is 0. The molecule has 3 aromatic carbocycles. The Morgan fingerprint density at radius 2 is 1.78 bits per heavy atom. The first kappa shape index (κ1) is 21.5. The van der Waals surface area contributed by atoms with Crippen molar-refractivity contribution in [1.82, 2.24) is 4.57 Å². The molecule has 1 heterocycles. The molecule has 2 N–H and O–H groups in total. The molecule has 0 unspecified atom stereocenters. The zero-order chi connectivity index (χ0) is 22.9. The van der Waals surface area contributed by atoms with Crippen LogP contribution >= 0.6 is 0 Å². The second kappa shape index (κ2) is 8.39. The van der Waals surface area contributed by atoms with Crippen molar-refractivity contribution in [2.75, 3.05) is 17.1 Å². The van der Waals surface area contributed by atoms with Gasteiger partial charge >= 0.3 is 0 Å². The number of carbonyl (C=O) groups is 1. The number of amides is 1. The zero-order valence-corrected chi connectivity index (χ0v) is 18.7. The van der Waals surface area contributed by atoms with Crippen LogP contribution < -0.4 is 14.8 Å². The van der Waals surface area contributed by atoms with Gasteiger partial charge in [0, 0.05) is 35.4 Å². The summed E-state index contributed by atoms with van der Waals surface area (Å²) in [5.41, 5.74) is 2.72. The molecule has 0 aliphatic heterocycles. The van der Waals surface area contributed by atoms with Crippen molar-refractivity contribution in [2.45, 2.75) is 11.8 Å². The van der Waals surface area contributed by atoms with Crippen LogP contribution in [0.1, 0.15) is 15.9 Å². The molecule has 0 aliphatic carbocycles. The van der Waals surface area contributed by atoms with Crippen LogP contribution in [0, 0.1) is 6.92 Å². The number of sulfonamides is 1. The highest BCUT2D eigenvalue weighted by molar-refractivity contribution is 7.92. The highest BCUT2D eigenvalue weighted by Crippen LogP contribution is 2.29. The Morgan fingerprint density at radius 1 is 1.00 bits per heavy atom. The van der Waals surface area contributed by atoms with E-state index in [1.54, 1.807) is 49.4 Å². The number of hydrogen-bond acceptors (Lipinski definition) is 4. The van der Waals surface area contributed by atoms with Crippen molar-refractivity contribution in [3.05, 3.63) is 84.1 Å². The molecule has 8 heteroatoms. The van der Waals surface area contributed by atoms with Crippen molar-refractivity contribution < 1.29 is 17.9 Å². The van der Waals surface area contributed by atoms with Crippen molar-refractivity contribution in [3.8, 4) is 5.75 Å². The van der Waals surface area contributed by atoms with E-state index in [1.807, 2.05) is 36.0 Å². The molecule has 4 rings (SSSR count). The van der Waals surface area contributed by atoms with Gasteiger partial charge in [0.05, 0.1) is 17.7 Å². The molecule has 0 spiro atoms. The molecule has 1 amide bonds. The molecule has 164 valence electrons. The summed E-state index contributed by atoms with van der Waals surface area (Å²) in [5, 5.41) is 3.64. The van der Waals surface area contributed by atoms with Gasteiger partial charge in [0.15, 0.2) is 0 Å². The van der Waals surface area contributed by atoms with E-state index in [2.05, 4.69) is 10.0 Å². The predicted molar refractivity (Wildman–Crippen MR) is 126 cm³/mol. The maximum absolute atomic E-state index is 13.1. The number of benzene rings is 3.